The van der Waals surface area contributed by atoms with Crippen LogP contribution in [0, 0.1) is 18.7 Å². The SMILES string of the molecule is C/C=C(\CN1CC(c2ccc(C(C)C)c(CCC)c2)CC1CCC1=NC=C(C)C(C)C1)N(c1ccc(F)c(C)c1)C(CCC)CCC. The molecular formula is C43H64FN3. The van der Waals surface area contributed by atoms with Crippen molar-refractivity contribution in [3.05, 3.63) is 88.0 Å². The first-order chi connectivity index (χ1) is 22.6. The summed E-state index contributed by atoms with van der Waals surface area (Å²) in [4.78, 5) is 10.2. The van der Waals surface area contributed by atoms with Gasteiger partial charge in [0.25, 0.3) is 0 Å². The van der Waals surface area contributed by atoms with Gasteiger partial charge in [-0.05, 0) is 124 Å². The van der Waals surface area contributed by atoms with E-state index in [1.807, 2.05) is 13.0 Å². The van der Waals surface area contributed by atoms with Crippen molar-refractivity contribution in [2.24, 2.45) is 10.9 Å². The van der Waals surface area contributed by atoms with Crippen molar-refractivity contribution >= 4 is 11.4 Å². The maximum Gasteiger partial charge on any atom is 0.126 e. The van der Waals surface area contributed by atoms with Gasteiger partial charge in [0.2, 0.25) is 0 Å². The molecule has 1 fully saturated rings. The average Bonchev–Trinajstić information content (AvgIpc) is 3.45. The van der Waals surface area contributed by atoms with Gasteiger partial charge in [0.15, 0.2) is 0 Å². The third-order valence-corrected chi connectivity index (χ3v) is 10.9. The number of benzene rings is 2. The van der Waals surface area contributed by atoms with Crippen molar-refractivity contribution < 1.29 is 4.39 Å². The minimum absolute atomic E-state index is 0.128. The lowest BCUT2D eigenvalue weighted by Crippen LogP contribution is -2.41. The first kappa shape index (κ1) is 37.1. The molecule has 0 amide bonds. The molecule has 2 aliphatic rings. The predicted molar refractivity (Wildman–Crippen MR) is 202 cm³/mol. The van der Waals surface area contributed by atoms with Gasteiger partial charge in [-0.1, -0.05) is 90.7 Å². The second-order valence-electron chi connectivity index (χ2n) is 14.9. The smallest absolute Gasteiger partial charge is 0.126 e. The molecule has 47 heavy (non-hydrogen) atoms. The topological polar surface area (TPSA) is 18.8 Å². The maximum absolute atomic E-state index is 14.5. The van der Waals surface area contributed by atoms with Crippen molar-refractivity contribution in [1.29, 1.82) is 0 Å². The minimum Gasteiger partial charge on any atom is -0.341 e. The third-order valence-electron chi connectivity index (χ3n) is 10.9. The van der Waals surface area contributed by atoms with Crippen molar-refractivity contribution in [1.82, 2.24) is 4.90 Å². The molecule has 0 bridgehead atoms. The summed E-state index contributed by atoms with van der Waals surface area (Å²) < 4.78 is 14.5. The van der Waals surface area contributed by atoms with E-state index in [4.69, 9.17) is 4.99 Å². The van der Waals surface area contributed by atoms with Crippen LogP contribution in [0.25, 0.3) is 0 Å². The molecule has 0 N–H and O–H groups in total. The Morgan fingerprint density at radius 1 is 1.02 bits per heavy atom. The molecule has 0 aromatic heterocycles. The molecule has 2 aromatic rings. The highest BCUT2D eigenvalue weighted by Gasteiger charge is 2.35. The van der Waals surface area contributed by atoms with E-state index in [1.165, 1.54) is 46.5 Å². The van der Waals surface area contributed by atoms with Gasteiger partial charge in [-0.25, -0.2) is 4.39 Å². The van der Waals surface area contributed by atoms with Crippen LogP contribution in [0.4, 0.5) is 10.1 Å². The van der Waals surface area contributed by atoms with E-state index < -0.39 is 0 Å². The van der Waals surface area contributed by atoms with Crippen LogP contribution >= 0.6 is 0 Å². The zero-order valence-electron chi connectivity index (χ0n) is 31.2. The second kappa shape index (κ2) is 17.6. The molecule has 0 saturated carbocycles. The zero-order valence-corrected chi connectivity index (χ0v) is 31.2. The molecule has 0 radical (unpaired) electrons. The molecule has 258 valence electrons. The molecule has 0 spiro atoms. The van der Waals surface area contributed by atoms with Crippen molar-refractivity contribution in [2.45, 2.75) is 150 Å². The highest BCUT2D eigenvalue weighted by molar-refractivity contribution is 5.86. The molecule has 3 nitrogen and oxygen atoms in total. The number of anilines is 1. The third kappa shape index (κ3) is 9.46. The summed E-state index contributed by atoms with van der Waals surface area (Å²) in [6.45, 7) is 22.1. The fraction of sp³-hybridized carbons (Fsp3) is 0.605. The Kier molecular flexibility index (Phi) is 13.9. The van der Waals surface area contributed by atoms with Crippen LogP contribution in [0.15, 0.2) is 64.9 Å². The number of aryl methyl sites for hydroxylation is 2. The average molecular weight is 642 g/mol. The van der Waals surface area contributed by atoms with E-state index in [-0.39, 0.29) is 5.82 Å². The fourth-order valence-corrected chi connectivity index (χ4v) is 8.01. The lowest BCUT2D eigenvalue weighted by atomic mass is 9.87. The van der Waals surface area contributed by atoms with E-state index in [0.29, 0.717) is 35.4 Å². The maximum atomic E-state index is 14.5. The molecule has 1 saturated heterocycles. The first-order valence-electron chi connectivity index (χ1n) is 18.9. The Hall–Kier alpha value is -2.72. The summed E-state index contributed by atoms with van der Waals surface area (Å²) in [5, 5.41) is 0. The van der Waals surface area contributed by atoms with Crippen LogP contribution in [0.2, 0.25) is 0 Å². The van der Waals surface area contributed by atoms with Crippen LogP contribution < -0.4 is 4.90 Å². The largest absolute Gasteiger partial charge is 0.341 e. The van der Waals surface area contributed by atoms with Crippen molar-refractivity contribution in [2.75, 3.05) is 18.0 Å². The molecule has 2 aliphatic heterocycles. The summed E-state index contributed by atoms with van der Waals surface area (Å²) in [6.07, 6.45) is 15.8. The number of halogens is 1. The lowest BCUT2D eigenvalue weighted by molar-refractivity contribution is 0.260. The van der Waals surface area contributed by atoms with Crippen LogP contribution in [0.1, 0.15) is 147 Å². The summed E-state index contributed by atoms with van der Waals surface area (Å²) in [7, 11) is 0. The van der Waals surface area contributed by atoms with Gasteiger partial charge in [-0.15, -0.1) is 0 Å². The number of aliphatic imine (C=N–C) groups is 1. The van der Waals surface area contributed by atoms with E-state index in [1.54, 1.807) is 6.07 Å². The highest BCUT2D eigenvalue weighted by atomic mass is 19.1. The number of hydrogen-bond donors (Lipinski definition) is 0. The van der Waals surface area contributed by atoms with E-state index in [0.717, 1.165) is 70.1 Å². The van der Waals surface area contributed by atoms with Gasteiger partial charge in [-0.3, -0.25) is 9.89 Å². The standard InChI is InChI=1S/C43H64FN3/c1-10-14-35-25-34(17-21-42(35)30(5)6)36-26-40(19-18-37-23-31(7)33(9)27-45-37)46(28-36)29-38(13-4)47(39(15-11-2)16-12-3)41-20-22-43(44)32(8)24-41/h13,17,20-22,24-25,27,30-31,36,39-40H,10-12,14-16,18-19,23,26,28-29H2,1-9H3/b38-13+. The van der Waals surface area contributed by atoms with Crippen molar-refractivity contribution in [3.63, 3.8) is 0 Å². The zero-order chi connectivity index (χ0) is 34.1. The highest BCUT2D eigenvalue weighted by Crippen LogP contribution is 2.38. The van der Waals surface area contributed by atoms with Crippen LogP contribution in [0.5, 0.6) is 0 Å². The van der Waals surface area contributed by atoms with Gasteiger partial charge >= 0.3 is 0 Å². The predicted octanol–water partition coefficient (Wildman–Crippen LogP) is 11.9. The second-order valence-corrected chi connectivity index (χ2v) is 14.9. The van der Waals surface area contributed by atoms with E-state index in [9.17, 15) is 4.39 Å². The number of allylic oxidation sites excluding steroid dienone is 2. The Balaban J connectivity index is 1.67. The number of likely N-dealkylation sites (tertiary alicyclic amines) is 1. The monoisotopic (exact) mass is 642 g/mol. The molecular weight excluding hydrogens is 577 g/mol. The molecule has 4 rings (SSSR count). The van der Waals surface area contributed by atoms with Crippen LogP contribution in [-0.4, -0.2) is 35.8 Å². The lowest BCUT2D eigenvalue weighted by Gasteiger charge is -2.38. The fourth-order valence-electron chi connectivity index (χ4n) is 8.01. The van der Waals surface area contributed by atoms with Gasteiger partial charge < -0.3 is 4.90 Å². The Morgan fingerprint density at radius 3 is 2.38 bits per heavy atom. The van der Waals surface area contributed by atoms with Gasteiger partial charge in [0, 0.05) is 48.5 Å². The van der Waals surface area contributed by atoms with Crippen LogP contribution in [-0.2, 0) is 6.42 Å². The van der Waals surface area contributed by atoms with E-state index in [2.05, 4.69) is 102 Å². The molecule has 3 unspecified atom stereocenters. The Labute approximate surface area is 287 Å². The van der Waals surface area contributed by atoms with E-state index >= 15 is 0 Å². The van der Waals surface area contributed by atoms with Gasteiger partial charge in [0.05, 0.1) is 0 Å². The molecule has 0 aliphatic carbocycles. The molecule has 3 atom stereocenters. The normalized spacial score (nSPS) is 20.7. The van der Waals surface area contributed by atoms with Gasteiger partial charge in [0.1, 0.15) is 5.82 Å². The van der Waals surface area contributed by atoms with Gasteiger partial charge in [-0.2, -0.15) is 0 Å². The number of nitrogens with zero attached hydrogens (tertiary/aromatic N) is 3. The first-order valence-corrected chi connectivity index (χ1v) is 18.9. The molecule has 4 heteroatoms. The quantitative estimate of drug-likeness (QED) is 0.182. The summed E-state index contributed by atoms with van der Waals surface area (Å²) in [5.41, 5.74) is 10.5. The molecule has 2 aromatic carbocycles. The summed E-state index contributed by atoms with van der Waals surface area (Å²) >= 11 is 0. The minimum atomic E-state index is -0.128. The van der Waals surface area contributed by atoms with Crippen LogP contribution in [0.3, 0.4) is 0 Å². The molecule has 2 heterocycles. The summed E-state index contributed by atoms with van der Waals surface area (Å²) in [6, 6.07) is 14.0. The summed E-state index contributed by atoms with van der Waals surface area (Å²) in [5.74, 6) is 1.53. The number of hydrogen-bond acceptors (Lipinski definition) is 3. The Bertz CT molecular complexity index is 1400. The van der Waals surface area contributed by atoms with Crippen molar-refractivity contribution in [3.8, 4) is 0 Å². The number of rotatable bonds is 16. The Morgan fingerprint density at radius 2 is 1.77 bits per heavy atom.